The number of hydrogen-bond acceptors (Lipinski definition) is 2. The van der Waals surface area contributed by atoms with Gasteiger partial charge in [0.05, 0.1) is 0 Å². The second-order valence-corrected chi connectivity index (χ2v) is 5.71. The van der Waals surface area contributed by atoms with Crippen molar-refractivity contribution in [2.75, 3.05) is 13.1 Å². The average Bonchev–Trinajstić information content (AvgIpc) is 3.11. The zero-order valence-corrected chi connectivity index (χ0v) is 11.0. The van der Waals surface area contributed by atoms with Gasteiger partial charge < -0.3 is 5.32 Å². The second kappa shape index (κ2) is 6.02. The standard InChI is InChI=1S/C14H28N2/c1-3-6-12(2)16(14-8-9-14)11-13-7-4-5-10-15-13/h12-15H,3-11H2,1-2H3. The fraction of sp³-hybridized carbons (Fsp3) is 1.00. The highest BCUT2D eigenvalue weighted by molar-refractivity contribution is 4.90. The van der Waals surface area contributed by atoms with E-state index >= 15 is 0 Å². The van der Waals surface area contributed by atoms with Crippen molar-refractivity contribution in [2.24, 2.45) is 0 Å². The summed E-state index contributed by atoms with van der Waals surface area (Å²) in [4.78, 5) is 2.78. The van der Waals surface area contributed by atoms with Gasteiger partial charge in [-0.25, -0.2) is 0 Å². The zero-order valence-electron chi connectivity index (χ0n) is 11.0. The van der Waals surface area contributed by atoms with Crippen molar-refractivity contribution in [3.8, 4) is 0 Å². The summed E-state index contributed by atoms with van der Waals surface area (Å²) in [5.74, 6) is 0. The molecule has 2 fully saturated rings. The fourth-order valence-corrected chi connectivity index (χ4v) is 3.01. The predicted octanol–water partition coefficient (Wildman–Crippen LogP) is 2.78. The number of hydrogen-bond donors (Lipinski definition) is 1. The molecular formula is C14H28N2. The summed E-state index contributed by atoms with van der Waals surface area (Å²) in [5.41, 5.74) is 0. The van der Waals surface area contributed by atoms with Crippen molar-refractivity contribution >= 4 is 0 Å². The highest BCUT2D eigenvalue weighted by atomic mass is 15.2. The molecule has 1 heterocycles. The van der Waals surface area contributed by atoms with E-state index in [2.05, 4.69) is 24.1 Å². The van der Waals surface area contributed by atoms with Gasteiger partial charge in [-0.05, 0) is 45.6 Å². The van der Waals surface area contributed by atoms with Crippen LogP contribution >= 0.6 is 0 Å². The second-order valence-electron chi connectivity index (χ2n) is 5.71. The predicted molar refractivity (Wildman–Crippen MR) is 69.7 cm³/mol. The molecule has 94 valence electrons. The molecule has 0 spiro atoms. The van der Waals surface area contributed by atoms with E-state index < -0.39 is 0 Å². The van der Waals surface area contributed by atoms with Gasteiger partial charge in [0, 0.05) is 24.7 Å². The van der Waals surface area contributed by atoms with E-state index in [1.54, 1.807) is 0 Å². The lowest BCUT2D eigenvalue weighted by molar-refractivity contribution is 0.158. The highest BCUT2D eigenvalue weighted by Gasteiger charge is 2.33. The van der Waals surface area contributed by atoms with Crippen LogP contribution in [0.4, 0.5) is 0 Å². The van der Waals surface area contributed by atoms with Crippen LogP contribution in [0, 0.1) is 0 Å². The number of nitrogens with one attached hydrogen (secondary N) is 1. The minimum absolute atomic E-state index is 0.772. The fourth-order valence-electron chi connectivity index (χ4n) is 3.01. The molecule has 0 bridgehead atoms. The lowest BCUT2D eigenvalue weighted by atomic mass is 10.0. The Hall–Kier alpha value is -0.0800. The normalized spacial score (nSPS) is 28.3. The molecule has 1 saturated carbocycles. The van der Waals surface area contributed by atoms with E-state index in [-0.39, 0.29) is 0 Å². The maximum atomic E-state index is 3.69. The third-order valence-electron chi connectivity index (χ3n) is 4.13. The van der Waals surface area contributed by atoms with Crippen LogP contribution < -0.4 is 5.32 Å². The lowest BCUT2D eigenvalue weighted by Crippen LogP contribution is -2.47. The number of rotatable bonds is 6. The highest BCUT2D eigenvalue weighted by Crippen LogP contribution is 2.30. The first-order valence-electron chi connectivity index (χ1n) is 7.30. The minimum Gasteiger partial charge on any atom is -0.313 e. The molecule has 16 heavy (non-hydrogen) atoms. The summed E-state index contributed by atoms with van der Waals surface area (Å²) in [5, 5.41) is 3.69. The number of nitrogens with zero attached hydrogens (tertiary/aromatic N) is 1. The Morgan fingerprint density at radius 3 is 2.62 bits per heavy atom. The summed E-state index contributed by atoms with van der Waals surface area (Å²) >= 11 is 0. The SMILES string of the molecule is CCCC(C)N(CC1CCCCN1)C1CC1. The molecule has 0 aromatic rings. The first kappa shape index (κ1) is 12.4. The smallest absolute Gasteiger partial charge is 0.0195 e. The Bertz CT molecular complexity index is 195. The van der Waals surface area contributed by atoms with Crippen LogP contribution in [0.15, 0.2) is 0 Å². The van der Waals surface area contributed by atoms with E-state index in [0.29, 0.717) is 0 Å². The molecule has 2 nitrogen and oxygen atoms in total. The van der Waals surface area contributed by atoms with Crippen LogP contribution in [0.3, 0.4) is 0 Å². The number of piperidine rings is 1. The molecule has 0 aromatic heterocycles. The first-order valence-corrected chi connectivity index (χ1v) is 7.30. The van der Waals surface area contributed by atoms with Crippen molar-refractivity contribution in [1.82, 2.24) is 10.2 Å². The van der Waals surface area contributed by atoms with Gasteiger partial charge in [0.25, 0.3) is 0 Å². The van der Waals surface area contributed by atoms with E-state index in [1.807, 2.05) is 0 Å². The molecule has 1 saturated heterocycles. The topological polar surface area (TPSA) is 15.3 Å². The van der Waals surface area contributed by atoms with E-state index in [4.69, 9.17) is 0 Å². The van der Waals surface area contributed by atoms with Crippen LogP contribution in [0.1, 0.15) is 58.8 Å². The van der Waals surface area contributed by atoms with Gasteiger partial charge >= 0.3 is 0 Å². The van der Waals surface area contributed by atoms with Crippen molar-refractivity contribution < 1.29 is 0 Å². The van der Waals surface area contributed by atoms with Gasteiger partial charge in [-0.2, -0.15) is 0 Å². The van der Waals surface area contributed by atoms with E-state index in [9.17, 15) is 0 Å². The molecule has 2 atom stereocenters. The molecule has 1 N–H and O–H groups in total. The summed E-state index contributed by atoms with van der Waals surface area (Å²) in [7, 11) is 0. The van der Waals surface area contributed by atoms with Crippen molar-refractivity contribution in [3.05, 3.63) is 0 Å². The summed E-state index contributed by atoms with van der Waals surface area (Å²) in [6, 6.07) is 2.49. The van der Waals surface area contributed by atoms with Crippen LogP contribution in [0.2, 0.25) is 0 Å². The van der Waals surface area contributed by atoms with Crippen molar-refractivity contribution in [1.29, 1.82) is 0 Å². The molecule has 2 rings (SSSR count). The van der Waals surface area contributed by atoms with Crippen LogP contribution in [0.25, 0.3) is 0 Å². The average molecular weight is 224 g/mol. The summed E-state index contributed by atoms with van der Waals surface area (Å²) < 4.78 is 0. The Balaban J connectivity index is 1.81. The third-order valence-corrected chi connectivity index (χ3v) is 4.13. The molecule has 1 aliphatic heterocycles. The van der Waals surface area contributed by atoms with E-state index in [0.717, 1.165) is 18.1 Å². The summed E-state index contributed by atoms with van der Waals surface area (Å²) in [6.07, 6.45) is 9.78. The van der Waals surface area contributed by atoms with Gasteiger partial charge in [0.2, 0.25) is 0 Å². The molecule has 2 heteroatoms. The summed E-state index contributed by atoms with van der Waals surface area (Å²) in [6.45, 7) is 7.27. The molecular weight excluding hydrogens is 196 g/mol. The van der Waals surface area contributed by atoms with Gasteiger partial charge in [0.15, 0.2) is 0 Å². The molecule has 2 unspecified atom stereocenters. The van der Waals surface area contributed by atoms with E-state index in [1.165, 1.54) is 58.0 Å². The van der Waals surface area contributed by atoms with Gasteiger partial charge in [-0.1, -0.05) is 19.8 Å². The Kier molecular flexibility index (Phi) is 4.66. The Morgan fingerprint density at radius 2 is 2.06 bits per heavy atom. The van der Waals surface area contributed by atoms with Crippen molar-refractivity contribution in [3.63, 3.8) is 0 Å². The molecule has 0 amide bonds. The van der Waals surface area contributed by atoms with Crippen molar-refractivity contribution in [2.45, 2.75) is 76.9 Å². The first-order chi connectivity index (χ1) is 7.81. The largest absolute Gasteiger partial charge is 0.313 e. The molecule has 0 aromatic carbocycles. The van der Waals surface area contributed by atoms with Gasteiger partial charge in [0.1, 0.15) is 0 Å². The Labute approximate surface area is 101 Å². The monoisotopic (exact) mass is 224 g/mol. The maximum absolute atomic E-state index is 3.69. The minimum atomic E-state index is 0.772. The Morgan fingerprint density at radius 1 is 1.25 bits per heavy atom. The van der Waals surface area contributed by atoms with Crippen LogP contribution in [-0.4, -0.2) is 36.1 Å². The lowest BCUT2D eigenvalue weighted by Gasteiger charge is -2.34. The molecule has 2 aliphatic rings. The van der Waals surface area contributed by atoms with Crippen LogP contribution in [0.5, 0.6) is 0 Å². The molecule has 0 radical (unpaired) electrons. The quantitative estimate of drug-likeness (QED) is 0.746. The van der Waals surface area contributed by atoms with Gasteiger partial charge in [-0.3, -0.25) is 4.90 Å². The van der Waals surface area contributed by atoms with Gasteiger partial charge in [-0.15, -0.1) is 0 Å². The maximum Gasteiger partial charge on any atom is 0.0195 e. The molecule has 1 aliphatic carbocycles. The zero-order chi connectivity index (χ0) is 11.4. The third kappa shape index (κ3) is 3.46. The van der Waals surface area contributed by atoms with Crippen LogP contribution in [-0.2, 0) is 0 Å².